The summed E-state index contributed by atoms with van der Waals surface area (Å²) in [4.78, 5) is 20.6. The molecule has 31 heavy (non-hydrogen) atoms. The Morgan fingerprint density at radius 1 is 1.19 bits per heavy atom. The van der Waals surface area contributed by atoms with Crippen LogP contribution in [0.4, 0.5) is 4.79 Å². The molecule has 0 saturated carbocycles. The van der Waals surface area contributed by atoms with Crippen LogP contribution in [0, 0.1) is 0 Å². The highest BCUT2D eigenvalue weighted by Crippen LogP contribution is 2.13. The second kappa shape index (κ2) is 11.9. The van der Waals surface area contributed by atoms with Crippen LogP contribution in [0.1, 0.15) is 58.1 Å². The molecule has 0 unspecified atom stereocenters. The number of nitrogens with zero attached hydrogens (tertiary/aromatic N) is 3. The van der Waals surface area contributed by atoms with Crippen LogP contribution >= 0.6 is 0 Å². The fourth-order valence-electron chi connectivity index (χ4n) is 3.63. The number of carbonyl (C=O) groups excluding carboxylic acids is 1. The summed E-state index contributed by atoms with van der Waals surface area (Å²) < 4.78 is 5.41. The van der Waals surface area contributed by atoms with Gasteiger partial charge in [0, 0.05) is 46.3 Å². The van der Waals surface area contributed by atoms with Gasteiger partial charge in [-0.15, -0.1) is 0 Å². The maximum absolute atomic E-state index is 12.1. The number of guanidine groups is 1. The van der Waals surface area contributed by atoms with Gasteiger partial charge in [0.25, 0.3) is 0 Å². The molecule has 7 nitrogen and oxygen atoms in total. The van der Waals surface area contributed by atoms with Gasteiger partial charge in [0.05, 0.1) is 0 Å². The van der Waals surface area contributed by atoms with Crippen molar-refractivity contribution in [2.75, 3.05) is 33.7 Å². The molecular formula is C24H41N5O2. The molecule has 1 fully saturated rings. The number of nitrogens with one attached hydrogen (secondary N) is 2. The fourth-order valence-corrected chi connectivity index (χ4v) is 3.63. The minimum atomic E-state index is -0.486. The molecule has 0 radical (unpaired) electrons. The number of hydrogen-bond donors (Lipinski definition) is 2. The summed E-state index contributed by atoms with van der Waals surface area (Å²) in [6, 6.07) is 8.75. The van der Waals surface area contributed by atoms with Crippen LogP contribution in [-0.2, 0) is 17.8 Å². The number of likely N-dealkylation sites (tertiary alicyclic amines) is 1. The summed E-state index contributed by atoms with van der Waals surface area (Å²) in [5.74, 6) is 0.850. The van der Waals surface area contributed by atoms with E-state index < -0.39 is 5.60 Å². The van der Waals surface area contributed by atoms with E-state index >= 15 is 0 Å². The van der Waals surface area contributed by atoms with Gasteiger partial charge in [-0.1, -0.05) is 31.2 Å². The molecular weight excluding hydrogens is 390 g/mol. The predicted octanol–water partition coefficient (Wildman–Crippen LogP) is 3.59. The lowest BCUT2D eigenvalue weighted by Gasteiger charge is -2.32. The molecule has 0 spiro atoms. The number of amides is 1. The molecule has 174 valence electrons. The van der Waals surface area contributed by atoms with E-state index in [0.29, 0.717) is 19.1 Å². The Morgan fingerprint density at radius 3 is 2.35 bits per heavy atom. The third-order valence-electron chi connectivity index (χ3n) is 5.30. The zero-order chi connectivity index (χ0) is 22.9. The van der Waals surface area contributed by atoms with Crippen molar-refractivity contribution >= 4 is 12.1 Å². The smallest absolute Gasteiger partial charge is 0.410 e. The van der Waals surface area contributed by atoms with Gasteiger partial charge in [-0.25, -0.2) is 4.79 Å². The Balaban J connectivity index is 1.77. The van der Waals surface area contributed by atoms with Crippen molar-refractivity contribution < 1.29 is 9.53 Å². The Kier molecular flexibility index (Phi) is 9.62. The van der Waals surface area contributed by atoms with Gasteiger partial charge in [0.15, 0.2) is 5.96 Å². The van der Waals surface area contributed by atoms with Crippen molar-refractivity contribution in [1.29, 1.82) is 0 Å². The van der Waals surface area contributed by atoms with E-state index in [2.05, 4.69) is 51.7 Å². The summed E-state index contributed by atoms with van der Waals surface area (Å²) in [6.45, 7) is 12.6. The highest BCUT2D eigenvalue weighted by Gasteiger charge is 2.20. The highest BCUT2D eigenvalue weighted by atomic mass is 16.6. The zero-order valence-electron chi connectivity index (χ0n) is 20.2. The van der Waals surface area contributed by atoms with Crippen LogP contribution < -0.4 is 10.6 Å². The molecule has 1 amide bonds. The molecule has 0 bridgehead atoms. The van der Waals surface area contributed by atoms with Crippen molar-refractivity contribution in [3.8, 4) is 0 Å². The van der Waals surface area contributed by atoms with Crippen LogP contribution in [0.25, 0.3) is 0 Å². The summed E-state index contributed by atoms with van der Waals surface area (Å²) in [5.41, 5.74) is 1.75. The van der Waals surface area contributed by atoms with Gasteiger partial charge < -0.3 is 25.2 Å². The monoisotopic (exact) mass is 431 g/mol. The SMILES string of the molecule is CCCN1CCC(NC(=NC)NCc2ccc(CN(C)C(=O)OC(C)(C)C)cc2)CC1. The molecule has 0 aromatic heterocycles. The van der Waals surface area contributed by atoms with E-state index in [1.54, 1.807) is 11.9 Å². The Hall–Kier alpha value is -2.28. The van der Waals surface area contributed by atoms with Crippen molar-refractivity contribution in [3.05, 3.63) is 35.4 Å². The maximum Gasteiger partial charge on any atom is 0.410 e. The average Bonchev–Trinajstić information content (AvgIpc) is 2.72. The lowest BCUT2D eigenvalue weighted by molar-refractivity contribution is 0.0285. The molecule has 1 aromatic carbocycles. The molecule has 1 aromatic rings. The first kappa shape index (κ1) is 25.0. The van der Waals surface area contributed by atoms with Gasteiger partial charge in [-0.2, -0.15) is 0 Å². The average molecular weight is 432 g/mol. The quantitative estimate of drug-likeness (QED) is 0.510. The standard InChI is InChI=1S/C24H41N5O2/c1-7-14-29-15-12-21(13-16-29)27-22(25-5)26-17-19-8-10-20(11-9-19)18-28(6)23(30)31-24(2,3)4/h8-11,21H,7,12-18H2,1-6H3,(H2,25,26,27). The third kappa shape index (κ3) is 9.17. The molecule has 1 aliphatic heterocycles. The minimum Gasteiger partial charge on any atom is -0.444 e. The molecule has 0 aliphatic carbocycles. The topological polar surface area (TPSA) is 69.2 Å². The van der Waals surface area contributed by atoms with Gasteiger partial charge >= 0.3 is 6.09 Å². The number of ether oxygens (including phenoxy) is 1. The maximum atomic E-state index is 12.1. The molecule has 1 saturated heterocycles. The van der Waals surface area contributed by atoms with E-state index in [-0.39, 0.29) is 6.09 Å². The summed E-state index contributed by atoms with van der Waals surface area (Å²) in [5, 5.41) is 6.98. The van der Waals surface area contributed by atoms with Crippen LogP contribution in [0.2, 0.25) is 0 Å². The van der Waals surface area contributed by atoms with Gasteiger partial charge in [-0.05, 0) is 57.7 Å². The van der Waals surface area contributed by atoms with E-state index in [9.17, 15) is 4.79 Å². The lowest BCUT2D eigenvalue weighted by Crippen LogP contribution is -2.48. The van der Waals surface area contributed by atoms with E-state index in [0.717, 1.165) is 37.5 Å². The Labute approximate surface area is 188 Å². The van der Waals surface area contributed by atoms with E-state index in [1.807, 2.05) is 27.8 Å². The van der Waals surface area contributed by atoms with Crippen molar-refractivity contribution in [2.45, 2.75) is 71.7 Å². The first-order valence-electron chi connectivity index (χ1n) is 11.4. The number of benzene rings is 1. The number of carbonyl (C=O) groups is 1. The molecule has 2 N–H and O–H groups in total. The number of rotatable bonds is 7. The van der Waals surface area contributed by atoms with Crippen LogP contribution in [0.15, 0.2) is 29.3 Å². The van der Waals surface area contributed by atoms with Gasteiger partial charge in [-0.3, -0.25) is 4.99 Å². The second-order valence-corrected chi connectivity index (χ2v) is 9.34. The van der Waals surface area contributed by atoms with Gasteiger partial charge in [0.1, 0.15) is 5.60 Å². The van der Waals surface area contributed by atoms with Crippen LogP contribution in [-0.4, -0.2) is 67.2 Å². The fraction of sp³-hybridized carbons (Fsp3) is 0.667. The predicted molar refractivity (Wildman–Crippen MR) is 127 cm³/mol. The largest absolute Gasteiger partial charge is 0.444 e. The van der Waals surface area contributed by atoms with E-state index in [1.165, 1.54) is 18.5 Å². The number of hydrogen-bond acceptors (Lipinski definition) is 4. The molecule has 0 atom stereocenters. The van der Waals surface area contributed by atoms with Crippen LogP contribution in [0.5, 0.6) is 0 Å². The Bertz CT molecular complexity index is 704. The van der Waals surface area contributed by atoms with E-state index in [4.69, 9.17) is 4.74 Å². The zero-order valence-corrected chi connectivity index (χ0v) is 20.2. The number of piperidine rings is 1. The minimum absolute atomic E-state index is 0.311. The second-order valence-electron chi connectivity index (χ2n) is 9.34. The summed E-state index contributed by atoms with van der Waals surface area (Å²) >= 11 is 0. The first-order chi connectivity index (χ1) is 14.7. The molecule has 1 heterocycles. The Morgan fingerprint density at radius 2 is 1.81 bits per heavy atom. The number of aliphatic imine (C=N–C) groups is 1. The normalized spacial score (nSPS) is 16.1. The van der Waals surface area contributed by atoms with Crippen molar-refractivity contribution in [3.63, 3.8) is 0 Å². The van der Waals surface area contributed by atoms with Crippen molar-refractivity contribution in [1.82, 2.24) is 20.4 Å². The molecule has 2 rings (SSSR count). The highest BCUT2D eigenvalue weighted by molar-refractivity contribution is 5.79. The van der Waals surface area contributed by atoms with Crippen LogP contribution in [0.3, 0.4) is 0 Å². The summed E-state index contributed by atoms with van der Waals surface area (Å²) in [6.07, 6.45) is 3.21. The lowest BCUT2D eigenvalue weighted by atomic mass is 10.1. The summed E-state index contributed by atoms with van der Waals surface area (Å²) in [7, 11) is 3.57. The third-order valence-corrected chi connectivity index (χ3v) is 5.30. The first-order valence-corrected chi connectivity index (χ1v) is 11.4. The molecule has 7 heteroatoms. The van der Waals surface area contributed by atoms with Gasteiger partial charge in [0.2, 0.25) is 0 Å². The molecule has 1 aliphatic rings. The van der Waals surface area contributed by atoms with Crippen molar-refractivity contribution in [2.24, 2.45) is 4.99 Å².